The van der Waals surface area contributed by atoms with Crippen LogP contribution in [0.5, 0.6) is 0 Å². The van der Waals surface area contributed by atoms with E-state index in [4.69, 9.17) is 6.42 Å². The quantitative estimate of drug-likeness (QED) is 0.430. The van der Waals surface area contributed by atoms with Crippen LogP contribution in [0.15, 0.2) is 54.2 Å². The number of hydrogen-bond acceptors (Lipinski definition) is 3. The molecule has 0 aliphatic carbocycles. The highest BCUT2D eigenvalue weighted by atomic mass is 19.4. The van der Waals surface area contributed by atoms with Gasteiger partial charge in [-0.1, -0.05) is 30.7 Å². The highest BCUT2D eigenvalue weighted by molar-refractivity contribution is 6.06. The smallest absolute Gasteiger partial charge is 0.322 e. The molecule has 1 aliphatic rings. The van der Waals surface area contributed by atoms with Crippen molar-refractivity contribution in [2.24, 2.45) is 0 Å². The number of carbonyl (C=O) groups is 1. The van der Waals surface area contributed by atoms with E-state index in [-0.39, 0.29) is 23.4 Å². The van der Waals surface area contributed by atoms with Crippen molar-refractivity contribution >= 4 is 11.6 Å². The molecule has 7 heteroatoms. The summed E-state index contributed by atoms with van der Waals surface area (Å²) in [4.78, 5) is 16.6. The zero-order chi connectivity index (χ0) is 22.3. The fourth-order valence-corrected chi connectivity index (χ4v) is 3.10. The lowest BCUT2D eigenvalue weighted by Crippen LogP contribution is -2.44. The number of nitrogens with one attached hydrogen (secondary N) is 1. The SMILES string of the molecule is C#CC(=CC)C=C(C=C)C(=O)Nc1ccc(CN2CCN(C)CC2)c(C(F)(F)F)c1. The number of rotatable bonds is 6. The minimum atomic E-state index is -4.53. The summed E-state index contributed by atoms with van der Waals surface area (Å²) < 4.78 is 41.0. The van der Waals surface area contributed by atoms with E-state index < -0.39 is 17.6 Å². The van der Waals surface area contributed by atoms with E-state index in [0.717, 1.165) is 19.2 Å². The van der Waals surface area contributed by atoms with Gasteiger partial charge >= 0.3 is 6.18 Å². The number of hydrogen-bond donors (Lipinski definition) is 1. The number of alkyl halides is 3. The van der Waals surface area contributed by atoms with Crippen molar-refractivity contribution < 1.29 is 18.0 Å². The van der Waals surface area contributed by atoms with Crippen molar-refractivity contribution in [2.45, 2.75) is 19.6 Å². The molecule has 0 bridgehead atoms. The molecule has 160 valence electrons. The van der Waals surface area contributed by atoms with E-state index in [2.05, 4.69) is 22.7 Å². The van der Waals surface area contributed by atoms with Crippen molar-refractivity contribution in [3.05, 3.63) is 65.3 Å². The van der Waals surface area contributed by atoms with Crippen LogP contribution in [0.3, 0.4) is 0 Å². The summed E-state index contributed by atoms with van der Waals surface area (Å²) in [5.41, 5.74) is 0.133. The fraction of sp³-hybridized carbons (Fsp3) is 0.348. The van der Waals surface area contributed by atoms with Crippen LogP contribution in [-0.4, -0.2) is 48.9 Å². The van der Waals surface area contributed by atoms with Crippen LogP contribution >= 0.6 is 0 Å². The first-order valence-corrected chi connectivity index (χ1v) is 9.57. The van der Waals surface area contributed by atoms with Crippen LogP contribution in [-0.2, 0) is 17.5 Å². The Balaban J connectivity index is 2.25. The molecule has 0 unspecified atom stereocenters. The van der Waals surface area contributed by atoms with Gasteiger partial charge in [0.2, 0.25) is 0 Å². The Morgan fingerprint density at radius 1 is 1.30 bits per heavy atom. The molecule has 0 saturated carbocycles. The Morgan fingerprint density at radius 2 is 1.97 bits per heavy atom. The second-order valence-corrected chi connectivity index (χ2v) is 7.10. The molecule has 1 saturated heterocycles. The van der Waals surface area contributed by atoms with Gasteiger partial charge in [0, 0.05) is 49.6 Å². The number of amides is 1. The molecule has 0 radical (unpaired) electrons. The number of anilines is 1. The maximum atomic E-state index is 13.7. The van der Waals surface area contributed by atoms with Crippen LogP contribution in [0.4, 0.5) is 18.9 Å². The average molecular weight is 417 g/mol. The largest absolute Gasteiger partial charge is 0.416 e. The molecular formula is C23H26F3N3O. The number of piperazine rings is 1. The Hall–Kier alpha value is -2.82. The van der Waals surface area contributed by atoms with Gasteiger partial charge in [0.15, 0.2) is 0 Å². The predicted octanol–water partition coefficient (Wildman–Crippen LogP) is 4.08. The van der Waals surface area contributed by atoms with Gasteiger partial charge in [-0.25, -0.2) is 0 Å². The van der Waals surface area contributed by atoms with Crippen LogP contribution in [0, 0.1) is 12.3 Å². The molecule has 1 aliphatic heterocycles. The first-order valence-electron chi connectivity index (χ1n) is 9.57. The van der Waals surface area contributed by atoms with Gasteiger partial charge in [0.25, 0.3) is 5.91 Å². The lowest BCUT2D eigenvalue weighted by atomic mass is 10.0. The molecule has 1 fully saturated rings. The van der Waals surface area contributed by atoms with E-state index >= 15 is 0 Å². The fourth-order valence-electron chi connectivity index (χ4n) is 3.10. The van der Waals surface area contributed by atoms with Crippen molar-refractivity contribution in [1.29, 1.82) is 0 Å². The molecule has 0 atom stereocenters. The summed E-state index contributed by atoms with van der Waals surface area (Å²) in [6, 6.07) is 3.88. The first-order chi connectivity index (χ1) is 14.2. The number of likely N-dealkylation sites (N-methyl/N-ethyl adjacent to an activating group) is 1. The third-order valence-electron chi connectivity index (χ3n) is 4.93. The second-order valence-electron chi connectivity index (χ2n) is 7.10. The van der Waals surface area contributed by atoms with Crippen molar-refractivity contribution in [1.82, 2.24) is 9.80 Å². The standard InChI is InChI=1S/C23H26F3N3O/c1-5-17(6-2)14-18(7-3)22(30)27-20-9-8-19(21(15-20)23(24,25)26)16-29-12-10-28(4)11-13-29/h1,6-9,14-15H,3,10-13,16H2,2,4H3,(H,27,30). The minimum Gasteiger partial charge on any atom is -0.322 e. The van der Waals surface area contributed by atoms with E-state index in [1.165, 1.54) is 24.3 Å². The van der Waals surface area contributed by atoms with Gasteiger partial charge in [0.05, 0.1) is 5.56 Å². The number of nitrogens with zero attached hydrogens (tertiary/aromatic N) is 2. The molecule has 30 heavy (non-hydrogen) atoms. The molecule has 1 N–H and O–H groups in total. The molecular weight excluding hydrogens is 391 g/mol. The van der Waals surface area contributed by atoms with Gasteiger partial charge in [-0.15, -0.1) is 6.42 Å². The Labute approximate surface area is 175 Å². The summed E-state index contributed by atoms with van der Waals surface area (Å²) in [5, 5.41) is 2.50. The number of carbonyl (C=O) groups excluding carboxylic acids is 1. The van der Waals surface area contributed by atoms with E-state index in [9.17, 15) is 18.0 Å². The Bertz CT molecular complexity index is 886. The van der Waals surface area contributed by atoms with Crippen LogP contribution in [0.1, 0.15) is 18.1 Å². The zero-order valence-corrected chi connectivity index (χ0v) is 17.2. The number of terminal acetylenes is 1. The highest BCUT2D eigenvalue weighted by Crippen LogP contribution is 2.34. The number of halogens is 3. The number of allylic oxidation sites excluding steroid dienone is 3. The monoisotopic (exact) mass is 417 g/mol. The van der Waals surface area contributed by atoms with Gasteiger partial charge in [-0.2, -0.15) is 13.2 Å². The van der Waals surface area contributed by atoms with Crippen molar-refractivity contribution in [3.8, 4) is 12.3 Å². The second kappa shape index (κ2) is 10.3. The zero-order valence-electron chi connectivity index (χ0n) is 17.2. The van der Waals surface area contributed by atoms with Gasteiger partial charge in [-0.3, -0.25) is 9.69 Å². The molecule has 1 amide bonds. The van der Waals surface area contributed by atoms with Crippen molar-refractivity contribution in [2.75, 3.05) is 38.5 Å². The summed E-state index contributed by atoms with van der Waals surface area (Å²) in [5.74, 6) is 1.83. The average Bonchev–Trinajstić information content (AvgIpc) is 2.71. The lowest BCUT2D eigenvalue weighted by Gasteiger charge is -2.33. The van der Waals surface area contributed by atoms with Crippen LogP contribution < -0.4 is 5.32 Å². The van der Waals surface area contributed by atoms with Crippen LogP contribution in [0.2, 0.25) is 0 Å². The third-order valence-corrected chi connectivity index (χ3v) is 4.93. The molecule has 1 heterocycles. The molecule has 2 rings (SSSR count). The molecule has 1 aromatic carbocycles. The van der Waals surface area contributed by atoms with Gasteiger partial charge in [-0.05, 0) is 37.7 Å². The third kappa shape index (κ3) is 6.34. The minimum absolute atomic E-state index is 0.0601. The predicted molar refractivity (Wildman–Crippen MR) is 114 cm³/mol. The highest BCUT2D eigenvalue weighted by Gasteiger charge is 2.34. The van der Waals surface area contributed by atoms with Crippen LogP contribution in [0.25, 0.3) is 0 Å². The van der Waals surface area contributed by atoms with Crippen molar-refractivity contribution in [3.63, 3.8) is 0 Å². The first kappa shape index (κ1) is 23.5. The Kier molecular flexibility index (Phi) is 8.04. The summed E-state index contributed by atoms with van der Waals surface area (Å²) in [6.45, 7) is 8.56. The van der Waals surface area contributed by atoms with E-state index in [1.54, 1.807) is 13.0 Å². The summed E-state index contributed by atoms with van der Waals surface area (Å²) >= 11 is 0. The normalized spacial score (nSPS) is 16.8. The van der Waals surface area contributed by atoms with E-state index in [1.807, 2.05) is 11.9 Å². The molecule has 0 spiro atoms. The number of benzene rings is 1. The maximum absolute atomic E-state index is 13.7. The summed E-state index contributed by atoms with van der Waals surface area (Å²) in [7, 11) is 1.99. The molecule has 4 nitrogen and oxygen atoms in total. The topological polar surface area (TPSA) is 35.6 Å². The van der Waals surface area contributed by atoms with E-state index in [0.29, 0.717) is 18.7 Å². The van der Waals surface area contributed by atoms with Gasteiger partial charge in [0.1, 0.15) is 0 Å². The summed E-state index contributed by atoms with van der Waals surface area (Å²) in [6.07, 6.45) is 5.23. The molecule has 0 aromatic heterocycles. The molecule has 1 aromatic rings. The Morgan fingerprint density at radius 3 is 2.50 bits per heavy atom. The van der Waals surface area contributed by atoms with Gasteiger partial charge < -0.3 is 10.2 Å². The maximum Gasteiger partial charge on any atom is 0.416 e. The lowest BCUT2D eigenvalue weighted by molar-refractivity contribution is -0.138.